The zero-order valence-electron chi connectivity index (χ0n) is 11.1. The average molecular weight is 264 g/mol. The van der Waals surface area contributed by atoms with Crippen molar-refractivity contribution in [2.75, 3.05) is 7.05 Å². The molecule has 2 aromatic heterocycles. The van der Waals surface area contributed by atoms with Crippen molar-refractivity contribution in [1.29, 1.82) is 0 Å². The van der Waals surface area contributed by atoms with Crippen molar-refractivity contribution in [2.45, 2.75) is 38.8 Å². The van der Waals surface area contributed by atoms with Gasteiger partial charge in [-0.25, -0.2) is 9.67 Å². The van der Waals surface area contributed by atoms with E-state index in [1.807, 2.05) is 11.7 Å². The van der Waals surface area contributed by atoms with Crippen LogP contribution >= 0.6 is 11.3 Å². The number of hydrogen-bond acceptors (Lipinski definition) is 4. The molecule has 5 heteroatoms. The van der Waals surface area contributed by atoms with E-state index in [-0.39, 0.29) is 0 Å². The van der Waals surface area contributed by atoms with Gasteiger partial charge in [0, 0.05) is 23.4 Å². The fourth-order valence-corrected chi connectivity index (χ4v) is 2.81. The molecule has 0 bridgehead atoms. The Hall–Kier alpha value is -1.20. The molecule has 2 heterocycles. The summed E-state index contributed by atoms with van der Waals surface area (Å²) >= 11 is 1.81. The molecule has 2 aromatic rings. The van der Waals surface area contributed by atoms with Gasteiger partial charge in [-0.3, -0.25) is 0 Å². The van der Waals surface area contributed by atoms with Crippen LogP contribution in [-0.4, -0.2) is 27.9 Å². The van der Waals surface area contributed by atoms with E-state index in [0.717, 1.165) is 18.7 Å². The molecule has 18 heavy (non-hydrogen) atoms. The van der Waals surface area contributed by atoms with Crippen molar-refractivity contribution in [3.05, 3.63) is 34.5 Å². The second-order valence-electron chi connectivity index (χ2n) is 4.69. The van der Waals surface area contributed by atoms with Gasteiger partial charge in [0.05, 0.1) is 0 Å². The highest BCUT2D eigenvalue weighted by atomic mass is 32.1. The summed E-state index contributed by atoms with van der Waals surface area (Å²) in [6.07, 6.45) is 3.60. The molecule has 1 N–H and O–H groups in total. The summed E-state index contributed by atoms with van der Waals surface area (Å²) in [5.41, 5.74) is 0. The van der Waals surface area contributed by atoms with Gasteiger partial charge in [0.1, 0.15) is 12.2 Å². The van der Waals surface area contributed by atoms with E-state index in [2.05, 4.69) is 46.8 Å². The van der Waals surface area contributed by atoms with Crippen LogP contribution in [0.3, 0.4) is 0 Å². The molecule has 0 aliphatic rings. The third kappa shape index (κ3) is 3.17. The Morgan fingerprint density at radius 1 is 1.39 bits per heavy atom. The largest absolute Gasteiger partial charge is 0.316 e. The lowest BCUT2D eigenvalue weighted by atomic mass is 10.1. The summed E-state index contributed by atoms with van der Waals surface area (Å²) in [5.74, 6) is 1.06. The minimum atomic E-state index is 0.363. The maximum absolute atomic E-state index is 4.37. The first kappa shape index (κ1) is 13.2. The highest BCUT2D eigenvalue weighted by Gasteiger charge is 2.14. The summed E-state index contributed by atoms with van der Waals surface area (Å²) in [6, 6.07) is 5.05. The van der Waals surface area contributed by atoms with Crippen LogP contribution in [0.4, 0.5) is 0 Å². The number of aromatic nitrogens is 3. The maximum Gasteiger partial charge on any atom is 0.138 e. The van der Waals surface area contributed by atoms with E-state index in [4.69, 9.17) is 0 Å². The molecule has 0 aliphatic carbocycles. The Kier molecular flexibility index (Phi) is 4.49. The molecule has 0 aromatic carbocycles. The quantitative estimate of drug-likeness (QED) is 0.870. The Balaban J connectivity index is 2.03. The van der Waals surface area contributed by atoms with Gasteiger partial charge in [0.15, 0.2) is 0 Å². The maximum atomic E-state index is 4.37. The molecule has 1 atom stereocenters. The molecule has 1 unspecified atom stereocenters. The smallest absolute Gasteiger partial charge is 0.138 e. The van der Waals surface area contributed by atoms with E-state index >= 15 is 0 Å². The topological polar surface area (TPSA) is 42.7 Å². The first-order valence-corrected chi connectivity index (χ1v) is 7.16. The Morgan fingerprint density at radius 2 is 2.22 bits per heavy atom. The third-order valence-corrected chi connectivity index (χ3v) is 3.90. The van der Waals surface area contributed by atoms with Gasteiger partial charge in [-0.05, 0) is 38.8 Å². The standard InChI is InChI=1S/C13H20N4S/c1-10(2)17-13(15-9-16-17)8-11(14-3)7-12-5-4-6-18-12/h4-6,9-11,14H,7-8H2,1-3H3. The second kappa shape index (κ2) is 6.11. The normalized spacial score (nSPS) is 13.1. The van der Waals surface area contributed by atoms with Crippen molar-refractivity contribution in [3.63, 3.8) is 0 Å². The molecule has 0 saturated carbocycles. The summed E-state index contributed by atoms with van der Waals surface area (Å²) in [5, 5.41) is 9.77. The number of rotatable bonds is 6. The van der Waals surface area contributed by atoms with Crippen molar-refractivity contribution < 1.29 is 0 Å². The van der Waals surface area contributed by atoms with Crippen molar-refractivity contribution in [1.82, 2.24) is 20.1 Å². The van der Waals surface area contributed by atoms with Gasteiger partial charge in [0.25, 0.3) is 0 Å². The molecule has 0 amide bonds. The summed E-state index contributed by atoms with van der Waals surface area (Å²) in [6.45, 7) is 4.26. The first-order valence-electron chi connectivity index (χ1n) is 6.28. The predicted octanol–water partition coefficient (Wildman–Crippen LogP) is 2.29. The van der Waals surface area contributed by atoms with Crippen LogP contribution < -0.4 is 5.32 Å². The van der Waals surface area contributed by atoms with Gasteiger partial charge in [-0.15, -0.1) is 11.3 Å². The second-order valence-corrected chi connectivity index (χ2v) is 5.72. The summed E-state index contributed by atoms with van der Waals surface area (Å²) in [7, 11) is 2.01. The van der Waals surface area contributed by atoms with Gasteiger partial charge < -0.3 is 5.32 Å². The average Bonchev–Trinajstić information content (AvgIpc) is 2.98. The molecule has 98 valence electrons. The highest BCUT2D eigenvalue weighted by Crippen LogP contribution is 2.14. The fraction of sp³-hybridized carbons (Fsp3) is 0.538. The van der Waals surface area contributed by atoms with Crippen LogP contribution in [0.1, 0.15) is 30.6 Å². The minimum absolute atomic E-state index is 0.363. The molecule has 0 radical (unpaired) electrons. The van der Waals surface area contributed by atoms with Crippen LogP contribution in [0.5, 0.6) is 0 Å². The van der Waals surface area contributed by atoms with Gasteiger partial charge in [-0.2, -0.15) is 5.10 Å². The third-order valence-electron chi connectivity index (χ3n) is 3.00. The van der Waals surface area contributed by atoms with Gasteiger partial charge >= 0.3 is 0 Å². The van der Waals surface area contributed by atoms with Gasteiger partial charge in [-0.1, -0.05) is 6.07 Å². The fourth-order valence-electron chi connectivity index (χ4n) is 2.02. The summed E-state index contributed by atoms with van der Waals surface area (Å²) < 4.78 is 2.00. The molecular formula is C13H20N4S. The van der Waals surface area contributed by atoms with Gasteiger partial charge in [0.2, 0.25) is 0 Å². The number of thiophene rings is 1. The lowest BCUT2D eigenvalue weighted by Gasteiger charge is -2.16. The van der Waals surface area contributed by atoms with Crippen LogP contribution in [-0.2, 0) is 12.8 Å². The molecule has 0 saturated heterocycles. The number of nitrogens with zero attached hydrogens (tertiary/aromatic N) is 3. The SMILES string of the molecule is CNC(Cc1cccs1)Cc1ncnn1C(C)C. The van der Waals surface area contributed by atoms with E-state index in [0.29, 0.717) is 12.1 Å². The highest BCUT2D eigenvalue weighted by molar-refractivity contribution is 7.09. The van der Waals surface area contributed by atoms with E-state index < -0.39 is 0 Å². The van der Waals surface area contributed by atoms with Crippen LogP contribution in [0.25, 0.3) is 0 Å². The Labute approximate surface area is 112 Å². The lowest BCUT2D eigenvalue weighted by Crippen LogP contribution is -2.31. The first-order chi connectivity index (χ1) is 8.70. The van der Waals surface area contributed by atoms with Crippen LogP contribution in [0, 0.1) is 0 Å². The number of nitrogens with one attached hydrogen (secondary N) is 1. The van der Waals surface area contributed by atoms with Crippen LogP contribution in [0.2, 0.25) is 0 Å². The molecule has 0 spiro atoms. The molecule has 4 nitrogen and oxygen atoms in total. The van der Waals surface area contributed by atoms with Crippen molar-refractivity contribution >= 4 is 11.3 Å². The predicted molar refractivity (Wildman–Crippen MR) is 75.0 cm³/mol. The minimum Gasteiger partial charge on any atom is -0.316 e. The van der Waals surface area contributed by atoms with E-state index in [1.54, 1.807) is 17.7 Å². The zero-order valence-corrected chi connectivity index (χ0v) is 11.9. The lowest BCUT2D eigenvalue weighted by molar-refractivity contribution is 0.471. The number of likely N-dealkylation sites (N-methyl/N-ethyl adjacent to an activating group) is 1. The molecule has 0 aliphatic heterocycles. The monoisotopic (exact) mass is 264 g/mol. The molecule has 0 fully saturated rings. The Morgan fingerprint density at radius 3 is 2.83 bits per heavy atom. The molecule has 2 rings (SSSR count). The Bertz CT molecular complexity index is 461. The van der Waals surface area contributed by atoms with Crippen molar-refractivity contribution in [3.8, 4) is 0 Å². The molecular weight excluding hydrogens is 244 g/mol. The van der Waals surface area contributed by atoms with E-state index in [9.17, 15) is 0 Å². The summed E-state index contributed by atoms with van der Waals surface area (Å²) in [4.78, 5) is 5.78. The van der Waals surface area contributed by atoms with Crippen LogP contribution in [0.15, 0.2) is 23.8 Å². The zero-order chi connectivity index (χ0) is 13.0. The number of hydrogen-bond donors (Lipinski definition) is 1. The van der Waals surface area contributed by atoms with Crippen molar-refractivity contribution in [2.24, 2.45) is 0 Å². The van der Waals surface area contributed by atoms with E-state index in [1.165, 1.54) is 4.88 Å².